The Hall–Kier alpha value is -1.07. The topological polar surface area (TPSA) is 37.3 Å². The summed E-state index contributed by atoms with van der Waals surface area (Å²) in [4.78, 5) is 10.1. The van der Waals surface area contributed by atoms with E-state index in [9.17, 15) is 22.4 Å². The third kappa shape index (κ3) is 6.12. The number of carboxylic acid groups (broad SMARTS) is 1. The van der Waals surface area contributed by atoms with Gasteiger partial charge in [-0.1, -0.05) is 0 Å². The molecule has 1 N–H and O–H groups in total. The third-order valence-electron chi connectivity index (χ3n) is 1.19. The molecule has 76 valence electrons. The standard InChI is InChI=1S/C7H8F4O2/c1-4(6(12)13)2-5(8)3-7(9,10)11/h2,5H,3H2,1H3,(H,12,13). The van der Waals surface area contributed by atoms with Crippen molar-refractivity contribution in [2.75, 3.05) is 0 Å². The van der Waals surface area contributed by atoms with Gasteiger partial charge >= 0.3 is 12.1 Å². The Morgan fingerprint density at radius 1 is 1.54 bits per heavy atom. The van der Waals surface area contributed by atoms with Gasteiger partial charge in [-0.3, -0.25) is 0 Å². The Morgan fingerprint density at radius 2 is 2.00 bits per heavy atom. The van der Waals surface area contributed by atoms with Crippen LogP contribution in [-0.2, 0) is 4.79 Å². The number of carbonyl (C=O) groups is 1. The third-order valence-corrected chi connectivity index (χ3v) is 1.19. The lowest BCUT2D eigenvalue weighted by molar-refractivity contribution is -0.143. The van der Waals surface area contributed by atoms with Gasteiger partial charge < -0.3 is 5.11 Å². The van der Waals surface area contributed by atoms with Gasteiger partial charge in [-0.15, -0.1) is 0 Å². The van der Waals surface area contributed by atoms with Crippen LogP contribution in [0.2, 0.25) is 0 Å². The number of aliphatic carboxylic acids is 1. The maximum absolute atomic E-state index is 12.4. The minimum atomic E-state index is -4.62. The summed E-state index contributed by atoms with van der Waals surface area (Å²) in [5.74, 6) is -1.43. The van der Waals surface area contributed by atoms with E-state index in [2.05, 4.69) is 0 Å². The van der Waals surface area contributed by atoms with Crippen molar-refractivity contribution in [1.29, 1.82) is 0 Å². The van der Waals surface area contributed by atoms with Gasteiger partial charge in [0.15, 0.2) is 0 Å². The van der Waals surface area contributed by atoms with Crippen molar-refractivity contribution in [3.05, 3.63) is 11.6 Å². The van der Waals surface area contributed by atoms with Crippen LogP contribution in [0.4, 0.5) is 17.6 Å². The highest BCUT2D eigenvalue weighted by molar-refractivity contribution is 5.85. The summed E-state index contributed by atoms with van der Waals surface area (Å²) in [6.45, 7) is 1.03. The van der Waals surface area contributed by atoms with Crippen molar-refractivity contribution >= 4 is 5.97 Å². The van der Waals surface area contributed by atoms with Crippen molar-refractivity contribution in [3.8, 4) is 0 Å². The molecule has 2 nitrogen and oxygen atoms in total. The average Bonchev–Trinajstić information content (AvgIpc) is 1.81. The fourth-order valence-electron chi connectivity index (χ4n) is 0.623. The molecule has 0 saturated carbocycles. The Kier molecular flexibility index (Phi) is 3.90. The highest BCUT2D eigenvalue weighted by Gasteiger charge is 2.31. The fourth-order valence-corrected chi connectivity index (χ4v) is 0.623. The van der Waals surface area contributed by atoms with Crippen molar-refractivity contribution in [2.24, 2.45) is 0 Å². The van der Waals surface area contributed by atoms with Gasteiger partial charge in [0.05, 0.1) is 6.42 Å². The van der Waals surface area contributed by atoms with Crippen molar-refractivity contribution < 1.29 is 27.5 Å². The minimum Gasteiger partial charge on any atom is -0.478 e. The van der Waals surface area contributed by atoms with E-state index in [4.69, 9.17) is 5.11 Å². The summed E-state index contributed by atoms with van der Waals surface area (Å²) >= 11 is 0. The van der Waals surface area contributed by atoms with E-state index in [1.807, 2.05) is 0 Å². The number of allylic oxidation sites excluding steroid dienone is 1. The van der Waals surface area contributed by atoms with Crippen LogP contribution in [0.3, 0.4) is 0 Å². The molecule has 0 amide bonds. The van der Waals surface area contributed by atoms with Crippen LogP contribution in [0.5, 0.6) is 0 Å². The lowest BCUT2D eigenvalue weighted by Gasteiger charge is -2.07. The van der Waals surface area contributed by atoms with Crippen LogP contribution in [-0.4, -0.2) is 23.4 Å². The summed E-state index contributed by atoms with van der Waals surface area (Å²) in [7, 11) is 0. The molecular weight excluding hydrogens is 192 g/mol. The second kappa shape index (κ2) is 4.25. The predicted molar refractivity (Wildman–Crippen MR) is 37.0 cm³/mol. The second-order valence-corrected chi connectivity index (χ2v) is 2.49. The minimum absolute atomic E-state index is 0.434. The molecule has 0 saturated heterocycles. The van der Waals surface area contributed by atoms with Crippen LogP contribution in [0.1, 0.15) is 13.3 Å². The lowest BCUT2D eigenvalue weighted by Crippen LogP contribution is -2.15. The molecule has 0 rings (SSSR count). The second-order valence-electron chi connectivity index (χ2n) is 2.49. The molecule has 0 aliphatic carbocycles. The summed E-state index contributed by atoms with van der Waals surface area (Å²) in [6.07, 6.45) is -8.13. The Morgan fingerprint density at radius 3 is 2.31 bits per heavy atom. The first-order valence-corrected chi connectivity index (χ1v) is 3.35. The maximum Gasteiger partial charge on any atom is 0.392 e. The lowest BCUT2D eigenvalue weighted by atomic mass is 10.2. The number of halogens is 4. The molecule has 0 heterocycles. The van der Waals surface area contributed by atoms with Crippen LogP contribution >= 0.6 is 0 Å². The molecule has 0 aliphatic heterocycles. The molecular formula is C7H8F4O2. The predicted octanol–water partition coefficient (Wildman–Crippen LogP) is 2.31. The van der Waals surface area contributed by atoms with E-state index in [-0.39, 0.29) is 0 Å². The first kappa shape index (κ1) is 11.9. The molecule has 0 aromatic heterocycles. The van der Waals surface area contributed by atoms with Crippen molar-refractivity contribution in [2.45, 2.75) is 25.7 Å². The largest absolute Gasteiger partial charge is 0.478 e. The Bertz CT molecular complexity index is 219. The molecule has 0 fully saturated rings. The van der Waals surface area contributed by atoms with E-state index in [0.717, 1.165) is 6.92 Å². The molecule has 6 heteroatoms. The first-order valence-electron chi connectivity index (χ1n) is 3.35. The van der Waals surface area contributed by atoms with Gasteiger partial charge in [-0.2, -0.15) is 13.2 Å². The highest BCUT2D eigenvalue weighted by atomic mass is 19.4. The zero-order chi connectivity index (χ0) is 10.6. The molecule has 0 bridgehead atoms. The van der Waals surface area contributed by atoms with Gasteiger partial charge in [-0.25, -0.2) is 9.18 Å². The molecule has 13 heavy (non-hydrogen) atoms. The molecule has 0 spiro atoms. The zero-order valence-corrected chi connectivity index (χ0v) is 6.73. The summed E-state index contributed by atoms with van der Waals surface area (Å²) in [6, 6.07) is 0. The fraction of sp³-hybridized carbons (Fsp3) is 0.571. The number of carboxylic acids is 1. The SMILES string of the molecule is CC(=CC(F)CC(F)(F)F)C(=O)O. The first-order chi connectivity index (χ1) is 5.72. The number of rotatable bonds is 3. The van der Waals surface area contributed by atoms with Crippen molar-refractivity contribution in [1.82, 2.24) is 0 Å². The van der Waals surface area contributed by atoms with Gasteiger partial charge in [-0.05, 0) is 13.0 Å². The van der Waals surface area contributed by atoms with Crippen molar-refractivity contribution in [3.63, 3.8) is 0 Å². The van der Waals surface area contributed by atoms with Crippen LogP contribution in [0.15, 0.2) is 11.6 Å². The molecule has 0 aromatic rings. The van der Waals surface area contributed by atoms with Crippen LogP contribution in [0, 0.1) is 0 Å². The molecule has 1 unspecified atom stereocenters. The summed E-state index contributed by atoms with van der Waals surface area (Å²) in [5.41, 5.74) is -0.434. The number of hydrogen-bond donors (Lipinski definition) is 1. The van der Waals surface area contributed by atoms with E-state index in [1.54, 1.807) is 0 Å². The summed E-state index contributed by atoms with van der Waals surface area (Å²) in [5, 5.41) is 8.21. The molecule has 0 aliphatic rings. The number of alkyl halides is 4. The summed E-state index contributed by atoms with van der Waals surface area (Å²) < 4.78 is 47.1. The maximum atomic E-state index is 12.4. The molecule has 0 aromatic carbocycles. The zero-order valence-electron chi connectivity index (χ0n) is 6.73. The van der Waals surface area contributed by atoms with E-state index in [0.29, 0.717) is 6.08 Å². The van der Waals surface area contributed by atoms with Gasteiger partial charge in [0.1, 0.15) is 6.17 Å². The van der Waals surface area contributed by atoms with Gasteiger partial charge in [0.25, 0.3) is 0 Å². The smallest absolute Gasteiger partial charge is 0.392 e. The van der Waals surface area contributed by atoms with Gasteiger partial charge in [0, 0.05) is 5.57 Å². The number of hydrogen-bond acceptors (Lipinski definition) is 1. The van der Waals surface area contributed by atoms with E-state index >= 15 is 0 Å². The van der Waals surface area contributed by atoms with E-state index < -0.39 is 30.3 Å². The molecule has 1 atom stereocenters. The monoisotopic (exact) mass is 200 g/mol. The average molecular weight is 200 g/mol. The normalized spacial score (nSPS) is 15.6. The Balaban J connectivity index is 4.23. The van der Waals surface area contributed by atoms with E-state index in [1.165, 1.54) is 0 Å². The van der Waals surface area contributed by atoms with Crippen LogP contribution in [0.25, 0.3) is 0 Å². The Labute approximate surface area is 71.9 Å². The van der Waals surface area contributed by atoms with Crippen LogP contribution < -0.4 is 0 Å². The molecule has 0 radical (unpaired) electrons. The quantitative estimate of drug-likeness (QED) is 0.560. The highest BCUT2D eigenvalue weighted by Crippen LogP contribution is 2.23. The van der Waals surface area contributed by atoms with Gasteiger partial charge in [0.2, 0.25) is 0 Å².